The first kappa shape index (κ1) is 15.7. The Balaban J connectivity index is 2.12. The Bertz CT molecular complexity index is 906. The number of aromatic nitrogens is 2. The highest BCUT2D eigenvalue weighted by Crippen LogP contribution is 2.35. The highest BCUT2D eigenvalue weighted by atomic mass is 32.2. The van der Waals surface area contributed by atoms with Crippen LogP contribution in [-0.2, 0) is 16.3 Å². The number of hydrogen-bond acceptors (Lipinski definition) is 3. The van der Waals surface area contributed by atoms with Gasteiger partial charge >= 0.3 is 0 Å². The molecule has 4 nitrogen and oxygen atoms in total. The van der Waals surface area contributed by atoms with E-state index in [0.29, 0.717) is 16.8 Å². The fourth-order valence-corrected chi connectivity index (χ4v) is 4.53. The third kappa shape index (κ3) is 2.65. The third-order valence-corrected chi connectivity index (χ3v) is 6.67. The van der Waals surface area contributed by atoms with Crippen molar-refractivity contribution in [3.05, 3.63) is 61.0 Å². The molecule has 0 radical (unpaired) electrons. The highest BCUT2D eigenvalue weighted by Gasteiger charge is 2.39. The van der Waals surface area contributed by atoms with E-state index in [4.69, 9.17) is 0 Å². The number of H-pyrrole nitrogens is 1. The number of imidazole rings is 1. The van der Waals surface area contributed by atoms with E-state index in [9.17, 15) is 8.42 Å². The molecule has 120 valence electrons. The zero-order valence-corrected chi connectivity index (χ0v) is 13.9. The van der Waals surface area contributed by atoms with Crippen LogP contribution in [0.1, 0.15) is 25.6 Å². The van der Waals surface area contributed by atoms with Crippen LogP contribution in [0.5, 0.6) is 0 Å². The van der Waals surface area contributed by atoms with Crippen molar-refractivity contribution < 1.29 is 8.42 Å². The summed E-state index contributed by atoms with van der Waals surface area (Å²) in [6.45, 7) is 5.46. The van der Waals surface area contributed by atoms with Gasteiger partial charge in [-0.15, -0.1) is 6.58 Å². The summed E-state index contributed by atoms with van der Waals surface area (Å²) in [5.74, 6) is 0.784. The van der Waals surface area contributed by atoms with Crippen LogP contribution in [0.4, 0.5) is 0 Å². The van der Waals surface area contributed by atoms with Crippen molar-refractivity contribution in [1.82, 2.24) is 9.97 Å². The Morgan fingerprint density at radius 2 is 2.22 bits per heavy atom. The minimum Gasteiger partial charge on any atom is -0.342 e. The summed E-state index contributed by atoms with van der Waals surface area (Å²) in [4.78, 5) is 8.01. The second-order valence-corrected chi connectivity index (χ2v) is 8.35. The first-order valence-electron chi connectivity index (χ1n) is 7.65. The second kappa shape index (κ2) is 5.81. The molecule has 0 spiro atoms. The van der Waals surface area contributed by atoms with Gasteiger partial charge in [-0.05, 0) is 31.9 Å². The van der Waals surface area contributed by atoms with E-state index < -0.39 is 14.6 Å². The fraction of sp³-hybridized carbons (Fsp3) is 0.278. The van der Waals surface area contributed by atoms with Gasteiger partial charge in [0.1, 0.15) is 11.3 Å². The van der Waals surface area contributed by atoms with Crippen LogP contribution < -0.4 is 0 Å². The molecule has 0 fully saturated rings. The molecule has 1 aliphatic rings. The Morgan fingerprint density at radius 1 is 1.39 bits per heavy atom. The Labute approximate surface area is 136 Å². The van der Waals surface area contributed by atoms with Gasteiger partial charge in [0, 0.05) is 6.42 Å². The number of aryl methyl sites for hydroxylation is 1. The number of hydrogen-bond donors (Lipinski definition) is 1. The molecular formula is C18H20N2O2S. The van der Waals surface area contributed by atoms with Crippen LogP contribution in [0.2, 0.25) is 0 Å². The molecule has 0 bridgehead atoms. The number of benzene rings is 1. The third-order valence-electron chi connectivity index (χ3n) is 4.23. The van der Waals surface area contributed by atoms with Crippen LogP contribution >= 0.6 is 0 Å². The van der Waals surface area contributed by atoms with Crippen molar-refractivity contribution in [3.8, 4) is 0 Å². The highest BCUT2D eigenvalue weighted by molar-refractivity contribution is 7.93. The molecule has 1 atom stereocenters. The molecule has 2 aromatic rings. The van der Waals surface area contributed by atoms with E-state index in [0.717, 1.165) is 24.2 Å². The Hall–Kier alpha value is -2.14. The van der Waals surface area contributed by atoms with E-state index in [2.05, 4.69) is 16.5 Å². The van der Waals surface area contributed by atoms with Crippen molar-refractivity contribution in [2.45, 2.75) is 35.8 Å². The average Bonchev–Trinajstić information content (AvgIpc) is 2.96. The summed E-state index contributed by atoms with van der Waals surface area (Å²) in [5, 5.41) is 0. The van der Waals surface area contributed by atoms with Gasteiger partial charge in [0.2, 0.25) is 0 Å². The molecule has 23 heavy (non-hydrogen) atoms. The Kier molecular flexibility index (Phi) is 3.98. The topological polar surface area (TPSA) is 62.8 Å². The zero-order valence-electron chi connectivity index (χ0n) is 13.1. The maximum Gasteiger partial charge on any atom is 0.189 e. The normalized spacial score (nSPS) is 20.9. The van der Waals surface area contributed by atoms with Gasteiger partial charge in [-0.2, -0.15) is 0 Å². The molecule has 0 saturated heterocycles. The first-order valence-corrected chi connectivity index (χ1v) is 9.14. The number of fused-ring (bicyclic) bond motifs is 1. The van der Waals surface area contributed by atoms with Crippen molar-refractivity contribution in [2.75, 3.05) is 0 Å². The molecule has 1 aliphatic carbocycles. The minimum absolute atomic E-state index is 0.290. The van der Waals surface area contributed by atoms with E-state index in [1.54, 1.807) is 31.2 Å². The number of rotatable bonds is 5. The number of sulfone groups is 1. The summed E-state index contributed by atoms with van der Waals surface area (Å²) in [6, 6.07) is 5.27. The summed E-state index contributed by atoms with van der Waals surface area (Å²) < 4.78 is 25.4. The number of nitrogens with one attached hydrogen (secondary N) is 1. The molecule has 0 aliphatic heterocycles. The monoisotopic (exact) mass is 328 g/mol. The van der Waals surface area contributed by atoms with Gasteiger partial charge in [-0.25, -0.2) is 13.4 Å². The standard InChI is InChI=1S/C18H20N2O2S/c1-3-4-11-16-19-14-9-8-10-15(17(14)20-16)23(21,22)18(2)12-6-5-7-13-18/h3,5-10,12H,1,4,11,13H2,2H3,(H,19,20). The second-order valence-electron chi connectivity index (χ2n) is 5.97. The van der Waals surface area contributed by atoms with Crippen LogP contribution in [0.25, 0.3) is 11.0 Å². The average molecular weight is 328 g/mol. The summed E-state index contributed by atoms with van der Waals surface area (Å²) in [5.41, 5.74) is 1.28. The van der Waals surface area contributed by atoms with Crippen LogP contribution in [-0.4, -0.2) is 23.1 Å². The summed E-state index contributed by atoms with van der Waals surface area (Å²) in [7, 11) is -3.54. The lowest BCUT2D eigenvalue weighted by Gasteiger charge is -2.26. The minimum atomic E-state index is -3.54. The number of aromatic amines is 1. The van der Waals surface area contributed by atoms with Gasteiger partial charge in [-0.1, -0.05) is 36.4 Å². The molecule has 5 heteroatoms. The van der Waals surface area contributed by atoms with Crippen molar-refractivity contribution in [2.24, 2.45) is 0 Å². The molecule has 1 unspecified atom stereocenters. The molecule has 0 amide bonds. The van der Waals surface area contributed by atoms with Crippen molar-refractivity contribution in [3.63, 3.8) is 0 Å². The maximum atomic E-state index is 13.2. The molecule has 1 heterocycles. The molecule has 1 N–H and O–H groups in total. The first-order chi connectivity index (χ1) is 11.0. The lowest BCUT2D eigenvalue weighted by Crippen LogP contribution is -2.33. The lowest BCUT2D eigenvalue weighted by molar-refractivity contribution is 0.563. The van der Waals surface area contributed by atoms with Crippen LogP contribution in [0, 0.1) is 0 Å². The predicted molar refractivity (Wildman–Crippen MR) is 93.1 cm³/mol. The van der Waals surface area contributed by atoms with Crippen LogP contribution in [0.15, 0.2) is 60.1 Å². The van der Waals surface area contributed by atoms with Gasteiger partial charge in [0.05, 0.1) is 15.2 Å². The predicted octanol–water partition coefficient (Wildman–Crippen LogP) is 3.73. The molecule has 1 aromatic carbocycles. The zero-order chi connectivity index (χ0) is 16.5. The lowest BCUT2D eigenvalue weighted by atomic mass is 10.0. The molecule has 3 rings (SSSR count). The molecule has 0 saturated carbocycles. The number of para-hydroxylation sites is 1. The fourth-order valence-electron chi connectivity index (χ4n) is 2.79. The van der Waals surface area contributed by atoms with Gasteiger partial charge in [0.15, 0.2) is 9.84 Å². The van der Waals surface area contributed by atoms with E-state index >= 15 is 0 Å². The largest absolute Gasteiger partial charge is 0.342 e. The van der Waals surface area contributed by atoms with E-state index in [1.807, 2.05) is 24.3 Å². The quantitative estimate of drug-likeness (QED) is 0.851. The van der Waals surface area contributed by atoms with Gasteiger partial charge in [0.25, 0.3) is 0 Å². The molecule has 1 aromatic heterocycles. The number of nitrogens with zero attached hydrogens (tertiary/aromatic N) is 1. The smallest absolute Gasteiger partial charge is 0.189 e. The van der Waals surface area contributed by atoms with E-state index in [1.165, 1.54) is 0 Å². The maximum absolute atomic E-state index is 13.2. The van der Waals surface area contributed by atoms with Gasteiger partial charge in [-0.3, -0.25) is 0 Å². The van der Waals surface area contributed by atoms with Crippen molar-refractivity contribution in [1.29, 1.82) is 0 Å². The van der Waals surface area contributed by atoms with E-state index in [-0.39, 0.29) is 0 Å². The Morgan fingerprint density at radius 3 is 2.91 bits per heavy atom. The SMILES string of the molecule is C=CCCc1nc2c(S(=O)(=O)C3(C)C=CC=CC3)cccc2[nH]1. The van der Waals surface area contributed by atoms with Gasteiger partial charge < -0.3 is 4.98 Å². The number of allylic oxidation sites excluding steroid dienone is 4. The molecular weight excluding hydrogens is 308 g/mol. The van der Waals surface area contributed by atoms with Crippen LogP contribution in [0.3, 0.4) is 0 Å². The summed E-state index contributed by atoms with van der Waals surface area (Å²) >= 11 is 0. The summed E-state index contributed by atoms with van der Waals surface area (Å²) in [6.07, 6.45) is 11.1. The van der Waals surface area contributed by atoms with Crippen molar-refractivity contribution >= 4 is 20.9 Å².